The van der Waals surface area contributed by atoms with E-state index in [9.17, 15) is 8.42 Å². The van der Waals surface area contributed by atoms with Crippen molar-refractivity contribution in [2.75, 3.05) is 0 Å². The van der Waals surface area contributed by atoms with Crippen LogP contribution in [0.3, 0.4) is 0 Å². The molecule has 0 atom stereocenters. The molecule has 0 unspecified atom stereocenters. The number of sulfonamides is 1. The summed E-state index contributed by atoms with van der Waals surface area (Å²) in [6, 6.07) is 1.42. The highest BCUT2D eigenvalue weighted by Gasteiger charge is 2.20. The van der Waals surface area contributed by atoms with E-state index in [1.54, 1.807) is 17.9 Å². The summed E-state index contributed by atoms with van der Waals surface area (Å²) in [5.41, 5.74) is 1.70. The van der Waals surface area contributed by atoms with Crippen molar-refractivity contribution in [1.82, 2.24) is 19.5 Å². The molecule has 1 N–H and O–H groups in total. The van der Waals surface area contributed by atoms with Gasteiger partial charge in [-0.2, -0.15) is 5.10 Å². The molecule has 0 aliphatic rings. The summed E-state index contributed by atoms with van der Waals surface area (Å²) >= 11 is 9.04. The van der Waals surface area contributed by atoms with E-state index in [0.717, 1.165) is 17.7 Å². The molecule has 0 aliphatic heterocycles. The number of hydrogen-bond acceptors (Lipinski definition) is 4. The molecule has 2 aromatic heterocycles. The molecular weight excluding hydrogens is 380 g/mol. The minimum atomic E-state index is -3.74. The lowest BCUT2D eigenvalue weighted by Crippen LogP contribution is -2.24. The van der Waals surface area contributed by atoms with E-state index < -0.39 is 10.0 Å². The normalized spacial score (nSPS) is 11.8. The Labute approximate surface area is 136 Å². The highest BCUT2D eigenvalue weighted by atomic mass is 79.9. The second-order valence-corrected chi connectivity index (χ2v) is 7.40. The van der Waals surface area contributed by atoms with Gasteiger partial charge in [-0.3, -0.25) is 4.68 Å². The van der Waals surface area contributed by atoms with Gasteiger partial charge in [-0.1, -0.05) is 18.5 Å². The molecule has 9 heteroatoms. The molecular formula is C12H14BrClN4O2S. The van der Waals surface area contributed by atoms with Gasteiger partial charge in [-0.25, -0.2) is 18.1 Å². The molecule has 0 radical (unpaired) electrons. The number of halogens is 2. The van der Waals surface area contributed by atoms with Gasteiger partial charge in [0.25, 0.3) is 0 Å². The Kier molecular flexibility index (Phi) is 5.03. The number of aryl methyl sites for hydroxylation is 2. The van der Waals surface area contributed by atoms with Crippen LogP contribution in [0.25, 0.3) is 0 Å². The summed E-state index contributed by atoms with van der Waals surface area (Å²) in [6.45, 7) is 2.12. The molecule has 0 saturated heterocycles. The lowest BCUT2D eigenvalue weighted by atomic mass is 10.2. The number of hydrogen-bond donors (Lipinski definition) is 1. The van der Waals surface area contributed by atoms with Gasteiger partial charge < -0.3 is 0 Å². The van der Waals surface area contributed by atoms with E-state index >= 15 is 0 Å². The molecule has 2 rings (SSSR count). The molecule has 0 amide bonds. The second kappa shape index (κ2) is 6.43. The van der Waals surface area contributed by atoms with Crippen LogP contribution in [0.4, 0.5) is 0 Å². The number of nitrogens with zero attached hydrogens (tertiary/aromatic N) is 3. The van der Waals surface area contributed by atoms with Gasteiger partial charge in [0.2, 0.25) is 10.0 Å². The minimum absolute atomic E-state index is 0.0551. The van der Waals surface area contributed by atoms with Crippen LogP contribution in [0.15, 0.2) is 27.8 Å². The van der Waals surface area contributed by atoms with Gasteiger partial charge in [0.15, 0.2) is 0 Å². The molecule has 0 saturated carbocycles. The first-order valence-corrected chi connectivity index (χ1v) is 8.81. The predicted octanol–water partition coefficient (Wildman–Crippen LogP) is 2.27. The van der Waals surface area contributed by atoms with E-state index in [0.29, 0.717) is 4.47 Å². The van der Waals surface area contributed by atoms with Gasteiger partial charge in [-0.15, -0.1) is 0 Å². The molecule has 21 heavy (non-hydrogen) atoms. The monoisotopic (exact) mass is 392 g/mol. The Morgan fingerprint density at radius 1 is 1.48 bits per heavy atom. The van der Waals surface area contributed by atoms with Gasteiger partial charge in [-0.05, 0) is 28.4 Å². The van der Waals surface area contributed by atoms with Crippen molar-refractivity contribution in [1.29, 1.82) is 0 Å². The maximum Gasteiger partial charge on any atom is 0.243 e. The van der Waals surface area contributed by atoms with Crippen LogP contribution in [-0.2, 0) is 30.0 Å². The van der Waals surface area contributed by atoms with Crippen LogP contribution in [0.5, 0.6) is 0 Å². The summed E-state index contributed by atoms with van der Waals surface area (Å²) in [5.74, 6) is 0. The SMILES string of the molecule is CCc1nn(C)cc1CNS(=O)(=O)c1cc(Br)cnc1Cl. The number of aromatic nitrogens is 3. The van der Waals surface area contributed by atoms with Crippen LogP contribution in [0.2, 0.25) is 5.15 Å². The minimum Gasteiger partial charge on any atom is -0.275 e. The van der Waals surface area contributed by atoms with Crippen molar-refractivity contribution < 1.29 is 8.42 Å². The molecule has 114 valence electrons. The average Bonchev–Trinajstić information content (AvgIpc) is 2.79. The molecule has 2 aromatic rings. The lowest BCUT2D eigenvalue weighted by Gasteiger charge is -2.08. The molecule has 0 aromatic carbocycles. The Morgan fingerprint density at radius 3 is 2.86 bits per heavy atom. The zero-order chi connectivity index (χ0) is 15.6. The maximum absolute atomic E-state index is 12.3. The summed E-state index contributed by atoms with van der Waals surface area (Å²) in [6.07, 6.45) is 3.97. The Balaban J connectivity index is 2.23. The van der Waals surface area contributed by atoms with Crippen LogP contribution in [0, 0.1) is 0 Å². The predicted molar refractivity (Wildman–Crippen MR) is 83.6 cm³/mol. The van der Waals surface area contributed by atoms with Crippen molar-refractivity contribution >= 4 is 37.6 Å². The maximum atomic E-state index is 12.3. The largest absolute Gasteiger partial charge is 0.275 e. The van der Waals surface area contributed by atoms with E-state index in [1.807, 2.05) is 6.92 Å². The number of pyridine rings is 1. The highest BCUT2D eigenvalue weighted by molar-refractivity contribution is 9.10. The highest BCUT2D eigenvalue weighted by Crippen LogP contribution is 2.22. The fourth-order valence-corrected chi connectivity index (χ4v) is 3.82. The topological polar surface area (TPSA) is 76.9 Å². The van der Waals surface area contributed by atoms with Crippen molar-refractivity contribution in [3.8, 4) is 0 Å². The Hall–Kier alpha value is -0.960. The van der Waals surface area contributed by atoms with Crippen LogP contribution in [0.1, 0.15) is 18.2 Å². The van der Waals surface area contributed by atoms with Crippen LogP contribution in [-0.4, -0.2) is 23.2 Å². The van der Waals surface area contributed by atoms with Crippen molar-refractivity contribution in [3.05, 3.63) is 39.3 Å². The summed E-state index contributed by atoms with van der Waals surface area (Å²) in [5, 5.41) is 4.21. The molecule has 0 fully saturated rings. The Bertz CT molecular complexity index is 761. The first kappa shape index (κ1) is 16.4. The van der Waals surface area contributed by atoms with Crippen LogP contribution >= 0.6 is 27.5 Å². The van der Waals surface area contributed by atoms with E-state index in [-0.39, 0.29) is 16.6 Å². The second-order valence-electron chi connectivity index (χ2n) is 4.40. The molecule has 6 nitrogen and oxygen atoms in total. The molecule has 0 spiro atoms. The lowest BCUT2D eigenvalue weighted by molar-refractivity contribution is 0.580. The number of nitrogens with one attached hydrogen (secondary N) is 1. The van der Waals surface area contributed by atoms with Gasteiger partial charge in [0, 0.05) is 36.0 Å². The third-order valence-electron chi connectivity index (χ3n) is 2.84. The fourth-order valence-electron chi connectivity index (χ4n) is 1.87. The van der Waals surface area contributed by atoms with Crippen molar-refractivity contribution in [2.45, 2.75) is 24.8 Å². The summed E-state index contributed by atoms with van der Waals surface area (Å²) in [7, 11) is -1.94. The van der Waals surface area contributed by atoms with Crippen LogP contribution < -0.4 is 4.72 Å². The zero-order valence-electron chi connectivity index (χ0n) is 11.5. The molecule has 0 aliphatic carbocycles. The first-order chi connectivity index (χ1) is 9.83. The summed E-state index contributed by atoms with van der Waals surface area (Å²) < 4.78 is 29.3. The van der Waals surface area contributed by atoms with E-state index in [1.165, 1.54) is 12.3 Å². The third kappa shape index (κ3) is 3.82. The number of rotatable bonds is 5. The summed E-state index contributed by atoms with van der Waals surface area (Å²) in [4.78, 5) is 3.77. The average molecular weight is 394 g/mol. The first-order valence-electron chi connectivity index (χ1n) is 6.15. The third-order valence-corrected chi connectivity index (χ3v) is 5.10. The van der Waals surface area contributed by atoms with Gasteiger partial charge in [0.1, 0.15) is 10.0 Å². The quantitative estimate of drug-likeness (QED) is 0.791. The van der Waals surface area contributed by atoms with Gasteiger partial charge >= 0.3 is 0 Å². The molecule has 0 bridgehead atoms. The van der Waals surface area contributed by atoms with Crippen molar-refractivity contribution in [3.63, 3.8) is 0 Å². The Morgan fingerprint density at radius 2 is 2.19 bits per heavy atom. The smallest absolute Gasteiger partial charge is 0.243 e. The van der Waals surface area contributed by atoms with Crippen molar-refractivity contribution in [2.24, 2.45) is 7.05 Å². The standard InChI is InChI=1S/C12H14BrClN4O2S/c1-3-10-8(7-18(2)17-10)5-16-21(19,20)11-4-9(13)6-15-12(11)14/h4,6-7,16H,3,5H2,1-2H3. The van der Waals surface area contributed by atoms with Gasteiger partial charge in [0.05, 0.1) is 5.69 Å². The van der Waals surface area contributed by atoms with E-state index in [4.69, 9.17) is 11.6 Å². The molecule has 2 heterocycles. The fraction of sp³-hybridized carbons (Fsp3) is 0.333. The van der Waals surface area contributed by atoms with E-state index in [2.05, 4.69) is 30.7 Å². The zero-order valence-corrected chi connectivity index (χ0v) is 14.6.